The van der Waals surface area contributed by atoms with Crippen molar-refractivity contribution in [1.82, 2.24) is 9.13 Å². The second kappa shape index (κ2) is 12.5. The van der Waals surface area contributed by atoms with Crippen molar-refractivity contribution in [2.75, 3.05) is 0 Å². The lowest BCUT2D eigenvalue weighted by atomic mass is 9.33. The zero-order valence-electron chi connectivity index (χ0n) is 41.8. The molecule has 0 atom stereocenters. The van der Waals surface area contributed by atoms with Crippen molar-refractivity contribution < 1.29 is 0 Å². The van der Waals surface area contributed by atoms with E-state index < -0.39 is 5.41 Å². The summed E-state index contributed by atoms with van der Waals surface area (Å²) in [6, 6.07) is 55.8. The van der Waals surface area contributed by atoms with Gasteiger partial charge in [0.1, 0.15) is 0 Å². The summed E-state index contributed by atoms with van der Waals surface area (Å²) in [5.41, 5.74) is 27.8. The number of rotatable bonds is 1. The highest BCUT2D eigenvalue weighted by atomic mass is 15.1. The Kier molecular flexibility index (Phi) is 7.47. The fourth-order valence-electron chi connectivity index (χ4n) is 13.4. The van der Waals surface area contributed by atoms with E-state index in [1.54, 1.807) is 0 Å². The average molecular weight is 879 g/mol. The molecule has 0 fully saturated rings. The Bertz CT molecular complexity index is 3890. The number of fused-ring (bicyclic) bond motifs is 14. The molecule has 2 aromatic heterocycles. The molecular formula is C65H59BN2. The molecule has 0 saturated carbocycles. The van der Waals surface area contributed by atoms with Crippen LogP contribution in [0.25, 0.3) is 77.2 Å². The van der Waals surface area contributed by atoms with Gasteiger partial charge in [-0.2, -0.15) is 0 Å². The summed E-state index contributed by atoms with van der Waals surface area (Å²) >= 11 is 0. The minimum absolute atomic E-state index is 0.00122. The monoisotopic (exact) mass is 878 g/mol. The topological polar surface area (TPSA) is 9.86 Å². The van der Waals surface area contributed by atoms with Crippen molar-refractivity contribution in [3.8, 4) is 33.6 Å². The van der Waals surface area contributed by atoms with Crippen molar-refractivity contribution >= 4 is 66.7 Å². The van der Waals surface area contributed by atoms with Crippen LogP contribution in [-0.4, -0.2) is 15.8 Å². The number of aromatic nitrogens is 2. The van der Waals surface area contributed by atoms with Gasteiger partial charge in [-0.1, -0.05) is 186 Å². The molecule has 14 rings (SSSR count). The third-order valence-electron chi connectivity index (χ3n) is 16.9. The van der Waals surface area contributed by atoms with E-state index in [0.717, 1.165) is 0 Å². The molecule has 68 heavy (non-hydrogen) atoms. The summed E-state index contributed by atoms with van der Waals surface area (Å²) in [5, 5.41) is 5.45. The largest absolute Gasteiger partial charge is 0.310 e. The maximum Gasteiger partial charge on any atom is 0.252 e. The van der Waals surface area contributed by atoms with Gasteiger partial charge >= 0.3 is 0 Å². The highest BCUT2D eigenvalue weighted by Gasteiger charge is 2.55. The normalized spacial score (nSPS) is 15.1. The van der Waals surface area contributed by atoms with E-state index >= 15 is 0 Å². The predicted molar refractivity (Wildman–Crippen MR) is 291 cm³/mol. The van der Waals surface area contributed by atoms with Crippen LogP contribution in [0.5, 0.6) is 0 Å². The standard InChI is InChI=1S/C65H59BN2/c1-61(2,3)37-26-27-54-44(28-37)45-30-39(63(7,8)9)33-52-57(45)67(54)59-43(36-20-14-13-15-21-36)35-51-60-55(59)66(52)53-34-40(64(10,11)12)31-47-46-29-38(62(4,5)6)32-50(56(46)68(60)58(47)53)65(51)48-24-18-16-22-41(48)42-23-17-19-25-49(42)65/h13-35H,1-12H3. The molecule has 4 aliphatic rings. The second-order valence-corrected chi connectivity index (χ2v) is 25.0. The first kappa shape index (κ1) is 40.5. The Morgan fingerprint density at radius 3 is 1.43 bits per heavy atom. The molecule has 3 aliphatic heterocycles. The molecule has 0 radical (unpaired) electrons. The second-order valence-electron chi connectivity index (χ2n) is 25.0. The highest BCUT2D eigenvalue weighted by Crippen LogP contribution is 2.63. The smallest absolute Gasteiger partial charge is 0.252 e. The van der Waals surface area contributed by atoms with E-state index in [0.29, 0.717) is 0 Å². The lowest BCUT2D eigenvalue weighted by Crippen LogP contribution is -2.61. The molecule has 2 nitrogen and oxygen atoms in total. The van der Waals surface area contributed by atoms with Gasteiger partial charge in [0.15, 0.2) is 0 Å². The van der Waals surface area contributed by atoms with Gasteiger partial charge in [0, 0.05) is 43.8 Å². The third-order valence-corrected chi connectivity index (χ3v) is 16.9. The molecule has 5 heterocycles. The first-order valence-electron chi connectivity index (χ1n) is 25.1. The van der Waals surface area contributed by atoms with Gasteiger partial charge < -0.3 is 9.13 Å². The zero-order valence-corrected chi connectivity index (χ0v) is 41.8. The fraction of sp³-hybridized carbons (Fsp3) is 0.262. The van der Waals surface area contributed by atoms with Crippen LogP contribution < -0.4 is 16.4 Å². The Morgan fingerprint density at radius 2 is 0.853 bits per heavy atom. The summed E-state index contributed by atoms with van der Waals surface area (Å²) in [6.07, 6.45) is 0. The van der Waals surface area contributed by atoms with Gasteiger partial charge in [-0.15, -0.1) is 0 Å². The summed E-state index contributed by atoms with van der Waals surface area (Å²) in [4.78, 5) is 0. The zero-order chi connectivity index (χ0) is 46.9. The van der Waals surface area contributed by atoms with Gasteiger partial charge in [0.05, 0.1) is 22.1 Å². The molecule has 3 heteroatoms. The van der Waals surface area contributed by atoms with Crippen molar-refractivity contribution in [3.05, 3.63) is 184 Å². The maximum absolute atomic E-state index is 2.79. The molecule has 0 saturated heterocycles. The third kappa shape index (κ3) is 4.85. The first-order chi connectivity index (χ1) is 32.3. The van der Waals surface area contributed by atoms with Crippen LogP contribution in [0.1, 0.15) is 128 Å². The van der Waals surface area contributed by atoms with E-state index in [2.05, 4.69) is 232 Å². The fourth-order valence-corrected chi connectivity index (χ4v) is 13.4. The molecule has 0 bridgehead atoms. The van der Waals surface area contributed by atoms with Crippen LogP contribution in [0.3, 0.4) is 0 Å². The summed E-state index contributed by atoms with van der Waals surface area (Å²) in [6.45, 7) is 28.7. The lowest BCUT2D eigenvalue weighted by molar-refractivity contribution is 0.588. The molecule has 1 spiro atoms. The molecule has 0 unspecified atom stereocenters. The van der Waals surface area contributed by atoms with E-state index in [1.807, 2.05) is 0 Å². The number of hydrogen-bond donors (Lipinski definition) is 0. The van der Waals surface area contributed by atoms with E-state index in [1.165, 1.54) is 138 Å². The van der Waals surface area contributed by atoms with Crippen LogP contribution in [0.15, 0.2) is 140 Å². The van der Waals surface area contributed by atoms with Crippen LogP contribution >= 0.6 is 0 Å². The minimum Gasteiger partial charge on any atom is -0.310 e. The lowest BCUT2D eigenvalue weighted by Gasteiger charge is -2.45. The average Bonchev–Trinajstić information content (AvgIpc) is 3.92. The van der Waals surface area contributed by atoms with Crippen molar-refractivity contribution in [2.24, 2.45) is 0 Å². The molecule has 8 aromatic carbocycles. The van der Waals surface area contributed by atoms with Crippen molar-refractivity contribution in [3.63, 3.8) is 0 Å². The quantitative estimate of drug-likeness (QED) is 0.145. The number of hydrogen-bond acceptors (Lipinski definition) is 0. The van der Waals surface area contributed by atoms with Gasteiger partial charge in [0.2, 0.25) is 0 Å². The van der Waals surface area contributed by atoms with Gasteiger partial charge in [0.25, 0.3) is 6.71 Å². The molecule has 1 aliphatic carbocycles. The van der Waals surface area contributed by atoms with Crippen LogP contribution in [0.2, 0.25) is 0 Å². The summed E-state index contributed by atoms with van der Waals surface area (Å²) in [7, 11) is 0. The van der Waals surface area contributed by atoms with Crippen LogP contribution in [0.4, 0.5) is 0 Å². The van der Waals surface area contributed by atoms with Crippen molar-refractivity contribution in [2.45, 2.75) is 110 Å². The van der Waals surface area contributed by atoms with Gasteiger partial charge in [-0.05, 0) is 136 Å². The van der Waals surface area contributed by atoms with Crippen molar-refractivity contribution in [1.29, 1.82) is 0 Å². The Balaban J connectivity index is 1.31. The highest BCUT2D eigenvalue weighted by molar-refractivity contribution is 7.00. The molecule has 10 aromatic rings. The molecule has 332 valence electrons. The number of nitrogens with zero attached hydrogens (tertiary/aromatic N) is 2. The first-order valence-corrected chi connectivity index (χ1v) is 25.1. The van der Waals surface area contributed by atoms with E-state index in [4.69, 9.17) is 0 Å². The molecule has 0 N–H and O–H groups in total. The predicted octanol–water partition coefficient (Wildman–Crippen LogP) is 14.6. The minimum atomic E-state index is -0.580. The Morgan fingerprint density at radius 1 is 0.368 bits per heavy atom. The summed E-state index contributed by atoms with van der Waals surface area (Å²) < 4.78 is 5.52. The summed E-state index contributed by atoms with van der Waals surface area (Å²) in [5.74, 6) is 0. The SMILES string of the molecule is CC(C)(C)c1ccc2c(c1)c1cc(C(C)(C)C)cc3c1n2-c1c(-c2ccccc2)cc2c4c1B3c1cc(C(C)(C)C)cc3c5cc(C(C)(C)C)cc(c5n-4c13)C21c2ccccc2-c2ccccc21. The van der Waals surface area contributed by atoms with Crippen LogP contribution in [-0.2, 0) is 27.1 Å². The Labute approximate surface area is 401 Å². The van der Waals surface area contributed by atoms with Gasteiger partial charge in [-0.25, -0.2) is 0 Å². The Hall–Kier alpha value is -6.58. The van der Waals surface area contributed by atoms with Crippen LogP contribution in [0, 0.1) is 0 Å². The molecule has 0 amide bonds. The number of benzene rings is 8. The van der Waals surface area contributed by atoms with Gasteiger partial charge in [-0.3, -0.25) is 0 Å². The van der Waals surface area contributed by atoms with E-state index in [9.17, 15) is 0 Å². The van der Waals surface area contributed by atoms with E-state index in [-0.39, 0.29) is 28.4 Å². The maximum atomic E-state index is 2.79. The molecular weight excluding hydrogens is 820 g/mol.